The van der Waals surface area contributed by atoms with E-state index in [-0.39, 0.29) is 35.9 Å². The van der Waals surface area contributed by atoms with Gasteiger partial charge in [0.15, 0.2) is 5.60 Å². The number of aliphatic hydroxyl groups is 1. The highest BCUT2D eigenvalue weighted by molar-refractivity contribution is 5.93. The highest BCUT2D eigenvalue weighted by Crippen LogP contribution is 2.45. The fourth-order valence-electron chi connectivity index (χ4n) is 5.38. The van der Waals surface area contributed by atoms with Crippen LogP contribution in [-0.2, 0) is 34.7 Å². The third-order valence-electron chi connectivity index (χ3n) is 6.99. The number of cyclic esters (lactones) is 1. The van der Waals surface area contributed by atoms with Crippen molar-refractivity contribution in [1.29, 1.82) is 0 Å². The molecule has 2 aromatic heterocycles. The van der Waals surface area contributed by atoms with E-state index in [1.54, 1.807) is 29.7 Å². The van der Waals surface area contributed by atoms with Crippen LogP contribution in [0.4, 0.5) is 0 Å². The van der Waals surface area contributed by atoms with Crippen molar-refractivity contribution in [2.24, 2.45) is 5.73 Å². The second-order valence-electron chi connectivity index (χ2n) is 8.60. The maximum Gasteiger partial charge on any atom is 0.343 e. The highest BCUT2D eigenvalue weighted by atomic mass is 16.6. The number of pyridine rings is 2. The zero-order valence-corrected chi connectivity index (χ0v) is 16.9. The summed E-state index contributed by atoms with van der Waals surface area (Å²) in [6, 6.07) is 4.85. The molecule has 4 N–H and O–H groups in total. The van der Waals surface area contributed by atoms with Crippen molar-refractivity contribution in [3.05, 3.63) is 56.4 Å². The number of benzene rings is 1. The third kappa shape index (κ3) is 2.23. The Kier molecular flexibility index (Phi) is 3.54. The maximum atomic E-state index is 13.4. The first-order valence-electron chi connectivity index (χ1n) is 10.4. The molecule has 31 heavy (non-hydrogen) atoms. The zero-order chi connectivity index (χ0) is 21.7. The average molecular weight is 419 g/mol. The van der Waals surface area contributed by atoms with E-state index in [1.165, 1.54) is 0 Å². The SMILES string of the molecule is CC[C@@]1(O)C(=O)OCc2c1cc1n(c2=O)Cc2c-1nc1cc(O)cc3c1c2[C@H](N)CC3. The third-order valence-corrected chi connectivity index (χ3v) is 6.99. The first-order chi connectivity index (χ1) is 14.8. The molecule has 158 valence electrons. The summed E-state index contributed by atoms with van der Waals surface area (Å²) in [7, 11) is 0. The van der Waals surface area contributed by atoms with Gasteiger partial charge < -0.3 is 25.3 Å². The number of rotatable bonds is 1. The second-order valence-corrected chi connectivity index (χ2v) is 8.60. The predicted octanol–water partition coefficient (Wildman–Crippen LogP) is 1.73. The summed E-state index contributed by atoms with van der Waals surface area (Å²) < 4.78 is 6.74. The van der Waals surface area contributed by atoms with Gasteiger partial charge in [-0.1, -0.05) is 6.92 Å². The number of phenols is 1. The Morgan fingerprint density at radius 2 is 2.10 bits per heavy atom. The fourth-order valence-corrected chi connectivity index (χ4v) is 5.38. The number of aromatic nitrogens is 2. The molecule has 0 saturated heterocycles. The molecule has 3 aromatic rings. The van der Waals surface area contributed by atoms with Crippen LogP contribution in [0.3, 0.4) is 0 Å². The minimum absolute atomic E-state index is 0.0904. The summed E-state index contributed by atoms with van der Waals surface area (Å²) >= 11 is 0. The molecule has 0 bridgehead atoms. The summed E-state index contributed by atoms with van der Waals surface area (Å²) in [5, 5.41) is 22.1. The molecule has 0 saturated carbocycles. The summed E-state index contributed by atoms with van der Waals surface area (Å²) in [5.74, 6) is -0.608. The molecule has 0 fully saturated rings. The summed E-state index contributed by atoms with van der Waals surface area (Å²) in [5.41, 5.74) is 9.55. The van der Waals surface area contributed by atoms with Gasteiger partial charge in [0.25, 0.3) is 5.56 Å². The Hall–Kier alpha value is -3.23. The number of ether oxygens (including phenoxy) is 1. The van der Waals surface area contributed by atoms with Crippen LogP contribution in [0.15, 0.2) is 23.0 Å². The van der Waals surface area contributed by atoms with Crippen LogP contribution in [-0.4, -0.2) is 25.7 Å². The lowest BCUT2D eigenvalue weighted by molar-refractivity contribution is -0.172. The Morgan fingerprint density at radius 1 is 1.29 bits per heavy atom. The fraction of sp³-hybridized carbons (Fsp3) is 0.348. The lowest BCUT2D eigenvalue weighted by atomic mass is 9.83. The predicted molar refractivity (Wildman–Crippen MR) is 111 cm³/mol. The van der Waals surface area contributed by atoms with Gasteiger partial charge in [0.05, 0.1) is 29.0 Å². The van der Waals surface area contributed by atoms with E-state index in [4.69, 9.17) is 15.5 Å². The monoisotopic (exact) mass is 419 g/mol. The van der Waals surface area contributed by atoms with Crippen LogP contribution in [0.25, 0.3) is 22.3 Å². The smallest absolute Gasteiger partial charge is 0.343 e. The van der Waals surface area contributed by atoms with Crippen molar-refractivity contribution >= 4 is 16.9 Å². The molecular weight excluding hydrogens is 398 g/mol. The molecule has 1 aromatic carbocycles. The van der Waals surface area contributed by atoms with Crippen molar-refractivity contribution < 1.29 is 19.7 Å². The van der Waals surface area contributed by atoms with Gasteiger partial charge in [-0.05, 0) is 42.5 Å². The highest BCUT2D eigenvalue weighted by Gasteiger charge is 2.45. The molecule has 0 radical (unpaired) electrons. The molecule has 2 atom stereocenters. The number of carbonyl (C=O) groups is 1. The Labute approximate surface area is 176 Å². The van der Waals surface area contributed by atoms with Crippen molar-refractivity contribution in [3.63, 3.8) is 0 Å². The van der Waals surface area contributed by atoms with Crippen molar-refractivity contribution in [2.75, 3.05) is 0 Å². The molecular formula is C23H21N3O5. The number of esters is 1. The molecule has 8 nitrogen and oxygen atoms in total. The van der Waals surface area contributed by atoms with Gasteiger partial charge in [0.1, 0.15) is 12.4 Å². The molecule has 1 aliphatic carbocycles. The standard InChI is InChI=1S/C23H21N3O5/c1-2-23(30)14-7-17-20-12(8-26(17)21(28)13(14)9-31-22(23)29)19-15(24)4-3-10-5-11(27)6-16(25-20)18(10)19/h5-7,15,27,30H,2-4,8-9,24H2,1H3/t15-,23+/m1/s1. The number of hydrogen-bond acceptors (Lipinski definition) is 7. The number of nitrogens with zero attached hydrogens (tertiary/aromatic N) is 2. The number of carbonyl (C=O) groups excluding carboxylic acids is 1. The van der Waals surface area contributed by atoms with Crippen molar-refractivity contribution in [1.82, 2.24) is 9.55 Å². The van der Waals surface area contributed by atoms with Crippen LogP contribution in [0, 0.1) is 0 Å². The van der Waals surface area contributed by atoms with Gasteiger partial charge in [-0.2, -0.15) is 0 Å². The van der Waals surface area contributed by atoms with Gasteiger partial charge in [0.2, 0.25) is 0 Å². The van der Waals surface area contributed by atoms with Crippen LogP contribution in [0.2, 0.25) is 0 Å². The Balaban J connectivity index is 1.69. The van der Waals surface area contributed by atoms with Crippen molar-refractivity contribution in [2.45, 2.75) is 51.0 Å². The van der Waals surface area contributed by atoms with E-state index in [0.29, 0.717) is 29.0 Å². The first-order valence-corrected chi connectivity index (χ1v) is 10.4. The summed E-state index contributed by atoms with van der Waals surface area (Å²) in [6.45, 7) is 1.83. The van der Waals surface area contributed by atoms with E-state index in [1.807, 2.05) is 0 Å². The molecule has 4 heterocycles. The Morgan fingerprint density at radius 3 is 2.87 bits per heavy atom. The van der Waals surface area contributed by atoms with E-state index in [0.717, 1.165) is 34.9 Å². The minimum Gasteiger partial charge on any atom is -0.508 e. The van der Waals surface area contributed by atoms with E-state index < -0.39 is 11.6 Å². The van der Waals surface area contributed by atoms with Crippen molar-refractivity contribution in [3.8, 4) is 17.1 Å². The van der Waals surface area contributed by atoms with Gasteiger partial charge >= 0.3 is 5.97 Å². The lowest BCUT2D eigenvalue weighted by Gasteiger charge is -2.31. The van der Waals surface area contributed by atoms with Gasteiger partial charge in [-0.3, -0.25) is 4.79 Å². The minimum atomic E-state index is -1.86. The number of nitrogens with two attached hydrogens (primary N) is 1. The zero-order valence-electron chi connectivity index (χ0n) is 16.9. The first kappa shape index (κ1) is 18.5. The number of aryl methyl sites for hydroxylation is 1. The van der Waals surface area contributed by atoms with Crippen LogP contribution >= 0.6 is 0 Å². The number of aromatic hydroxyl groups is 1. The maximum absolute atomic E-state index is 13.4. The molecule has 2 aliphatic heterocycles. The Bertz CT molecular complexity index is 1390. The quantitative estimate of drug-likeness (QED) is 0.401. The van der Waals surface area contributed by atoms with E-state index >= 15 is 0 Å². The molecule has 6 rings (SSSR count). The van der Waals surface area contributed by atoms with Crippen LogP contribution < -0.4 is 11.3 Å². The molecule has 0 unspecified atom stereocenters. The molecule has 8 heteroatoms. The van der Waals surface area contributed by atoms with E-state index in [9.17, 15) is 19.8 Å². The van der Waals surface area contributed by atoms with Crippen LogP contribution in [0.1, 0.15) is 53.6 Å². The summed E-state index contributed by atoms with van der Waals surface area (Å²) in [4.78, 5) is 30.5. The molecule has 0 amide bonds. The van der Waals surface area contributed by atoms with Gasteiger partial charge in [-0.15, -0.1) is 0 Å². The number of phenolic OH excluding ortho intramolecular Hbond substituents is 1. The second kappa shape index (κ2) is 5.93. The molecule has 0 spiro atoms. The normalized spacial score (nSPS) is 23.3. The lowest BCUT2D eigenvalue weighted by Crippen LogP contribution is -2.44. The van der Waals surface area contributed by atoms with E-state index in [2.05, 4.69) is 0 Å². The summed E-state index contributed by atoms with van der Waals surface area (Å²) in [6.07, 6.45) is 1.58. The van der Waals surface area contributed by atoms with Gasteiger partial charge in [-0.25, -0.2) is 9.78 Å². The molecule has 3 aliphatic rings. The number of hydrogen-bond donors (Lipinski definition) is 3. The van der Waals surface area contributed by atoms with Gasteiger partial charge in [0, 0.05) is 28.6 Å². The topological polar surface area (TPSA) is 128 Å². The number of fused-ring (bicyclic) bond motifs is 5. The average Bonchev–Trinajstić information content (AvgIpc) is 3.11. The van der Waals surface area contributed by atoms with Crippen LogP contribution in [0.5, 0.6) is 5.75 Å². The largest absolute Gasteiger partial charge is 0.508 e.